The van der Waals surface area contributed by atoms with E-state index in [4.69, 9.17) is 30.6 Å². The molecule has 0 atom stereocenters. The maximum atomic E-state index is 9.16. The summed E-state index contributed by atoms with van der Waals surface area (Å²) in [7, 11) is 0. The van der Waals surface area contributed by atoms with Crippen LogP contribution < -0.4 is 0 Å². The van der Waals surface area contributed by atoms with Crippen molar-refractivity contribution in [3.05, 3.63) is 0 Å². The van der Waals surface area contributed by atoms with Gasteiger partial charge in [0.15, 0.2) is 0 Å². The molecule has 0 bridgehead atoms. The van der Waals surface area contributed by atoms with Crippen molar-refractivity contribution in [2.75, 3.05) is 62.7 Å². The smallest absolute Gasteiger partial charge is 0.0539 e. The van der Waals surface area contributed by atoms with Crippen molar-refractivity contribution in [1.82, 2.24) is 0 Å². The number of thioether (sulfide) groups is 2. The molecule has 0 aliphatic carbocycles. The summed E-state index contributed by atoms with van der Waals surface area (Å²) in [5.74, 6) is 2.43. The molecule has 0 aliphatic heterocycles. The fraction of sp³-hybridized carbons (Fsp3) is 1.00. The van der Waals surface area contributed by atoms with Crippen molar-refractivity contribution in [2.24, 2.45) is 10.8 Å². The predicted molar refractivity (Wildman–Crippen MR) is 82.0 cm³/mol. The highest BCUT2D eigenvalue weighted by Gasteiger charge is 2.29. The van der Waals surface area contributed by atoms with Crippen LogP contribution in [0, 0.1) is 10.8 Å². The molecule has 6 nitrogen and oxygen atoms in total. The predicted octanol–water partition coefficient (Wildman–Crippen LogP) is -1.62. The Hall–Kier alpha value is 0.460. The molecule has 0 spiro atoms. The summed E-state index contributed by atoms with van der Waals surface area (Å²) in [5.41, 5.74) is -1.69. The molecular weight excluding hydrogens is 304 g/mol. The largest absolute Gasteiger partial charge is 0.396 e. The van der Waals surface area contributed by atoms with Crippen molar-refractivity contribution < 1.29 is 30.6 Å². The average Bonchev–Trinajstić information content (AvgIpc) is 2.52. The lowest BCUT2D eigenvalue weighted by molar-refractivity contribution is 0.0234. The van der Waals surface area contributed by atoms with E-state index in [1.54, 1.807) is 0 Å². The molecule has 122 valence electrons. The van der Waals surface area contributed by atoms with Crippen molar-refractivity contribution in [1.29, 1.82) is 0 Å². The van der Waals surface area contributed by atoms with E-state index >= 15 is 0 Å². The van der Waals surface area contributed by atoms with Gasteiger partial charge in [0.1, 0.15) is 0 Å². The first-order valence-corrected chi connectivity index (χ1v) is 8.69. The molecular formula is C12H26O6S2. The Bertz CT molecular complexity index is 193. The number of aliphatic hydroxyl groups is 6. The molecule has 6 N–H and O–H groups in total. The number of aliphatic hydroxyl groups excluding tert-OH is 6. The second-order valence-electron chi connectivity index (χ2n) is 5.05. The van der Waals surface area contributed by atoms with E-state index in [1.165, 1.54) is 23.5 Å². The molecule has 0 saturated heterocycles. The molecule has 0 amide bonds. The highest BCUT2D eigenvalue weighted by atomic mass is 32.2. The Kier molecular flexibility index (Phi) is 11.3. The van der Waals surface area contributed by atoms with Gasteiger partial charge in [-0.2, -0.15) is 23.5 Å². The van der Waals surface area contributed by atoms with E-state index in [1.807, 2.05) is 0 Å². The van der Waals surface area contributed by atoms with Crippen LogP contribution in [0.2, 0.25) is 0 Å². The first-order chi connectivity index (χ1) is 9.57. The van der Waals surface area contributed by atoms with Gasteiger partial charge in [0.05, 0.1) is 39.6 Å². The van der Waals surface area contributed by atoms with Gasteiger partial charge >= 0.3 is 0 Å². The van der Waals surface area contributed by atoms with E-state index in [9.17, 15) is 0 Å². The van der Waals surface area contributed by atoms with E-state index in [0.717, 1.165) is 11.5 Å². The number of hydrogen-bond acceptors (Lipinski definition) is 8. The van der Waals surface area contributed by atoms with Gasteiger partial charge in [0.2, 0.25) is 0 Å². The molecule has 0 aliphatic rings. The third-order valence-corrected chi connectivity index (χ3v) is 6.08. The van der Waals surface area contributed by atoms with Crippen molar-refractivity contribution in [3.8, 4) is 0 Å². The van der Waals surface area contributed by atoms with Crippen LogP contribution in [0.1, 0.15) is 0 Å². The summed E-state index contributed by atoms with van der Waals surface area (Å²) in [6, 6.07) is 0. The second-order valence-corrected chi connectivity index (χ2v) is 7.26. The van der Waals surface area contributed by atoms with Crippen LogP contribution in [-0.4, -0.2) is 93.3 Å². The highest BCUT2D eigenvalue weighted by molar-refractivity contribution is 8.02. The van der Waals surface area contributed by atoms with E-state index in [0.29, 0.717) is 11.5 Å². The Balaban J connectivity index is 3.87. The van der Waals surface area contributed by atoms with Gasteiger partial charge in [-0.05, 0) is 0 Å². The van der Waals surface area contributed by atoms with Crippen LogP contribution in [0.3, 0.4) is 0 Å². The van der Waals surface area contributed by atoms with Crippen LogP contribution in [0.5, 0.6) is 0 Å². The molecule has 0 saturated carbocycles. The van der Waals surface area contributed by atoms with Gasteiger partial charge in [-0.15, -0.1) is 0 Å². The molecule has 20 heavy (non-hydrogen) atoms. The minimum atomic E-state index is -0.847. The minimum Gasteiger partial charge on any atom is -0.396 e. The van der Waals surface area contributed by atoms with Crippen LogP contribution in [-0.2, 0) is 0 Å². The Morgan fingerprint density at radius 1 is 0.500 bits per heavy atom. The maximum absolute atomic E-state index is 9.16. The van der Waals surface area contributed by atoms with E-state index in [-0.39, 0.29) is 39.6 Å². The van der Waals surface area contributed by atoms with E-state index < -0.39 is 10.8 Å². The summed E-state index contributed by atoms with van der Waals surface area (Å²) in [4.78, 5) is 0. The second kappa shape index (κ2) is 11.1. The first-order valence-electron chi connectivity index (χ1n) is 6.38. The summed E-state index contributed by atoms with van der Waals surface area (Å²) in [6.45, 7) is -1.57. The van der Waals surface area contributed by atoms with Crippen molar-refractivity contribution in [2.45, 2.75) is 0 Å². The Morgan fingerprint density at radius 2 is 0.750 bits per heavy atom. The third kappa shape index (κ3) is 6.48. The average molecular weight is 330 g/mol. The lowest BCUT2D eigenvalue weighted by Crippen LogP contribution is -2.37. The lowest BCUT2D eigenvalue weighted by atomic mass is 9.94. The lowest BCUT2D eigenvalue weighted by Gasteiger charge is -2.27. The molecule has 0 rings (SSSR count). The zero-order valence-corrected chi connectivity index (χ0v) is 13.2. The topological polar surface area (TPSA) is 121 Å². The maximum Gasteiger partial charge on any atom is 0.0539 e. The number of rotatable bonds is 13. The summed E-state index contributed by atoms with van der Waals surface area (Å²) in [5, 5.41) is 55.0. The van der Waals surface area contributed by atoms with Gasteiger partial charge in [0.25, 0.3) is 0 Å². The summed E-state index contributed by atoms with van der Waals surface area (Å²) < 4.78 is 0. The van der Waals surface area contributed by atoms with Crippen LogP contribution in [0.25, 0.3) is 0 Å². The van der Waals surface area contributed by atoms with Gasteiger partial charge in [0, 0.05) is 33.8 Å². The fourth-order valence-electron chi connectivity index (χ4n) is 1.27. The van der Waals surface area contributed by atoms with Gasteiger partial charge in [-0.1, -0.05) is 0 Å². The molecule has 0 radical (unpaired) electrons. The third-order valence-electron chi connectivity index (χ3n) is 3.20. The highest BCUT2D eigenvalue weighted by Crippen LogP contribution is 2.25. The zero-order valence-electron chi connectivity index (χ0n) is 11.6. The van der Waals surface area contributed by atoms with Gasteiger partial charge in [-0.3, -0.25) is 0 Å². The quantitative estimate of drug-likeness (QED) is 0.223. The monoisotopic (exact) mass is 330 g/mol. The van der Waals surface area contributed by atoms with Crippen LogP contribution in [0.4, 0.5) is 0 Å². The normalized spacial score (nSPS) is 12.9. The standard InChI is InChI=1S/C12H26O6S2/c13-3-11(4-14,5-15)9-19-1-2-20-10-12(6-16,7-17)8-18/h13-18H,1-10H2. The van der Waals surface area contributed by atoms with Crippen LogP contribution >= 0.6 is 23.5 Å². The van der Waals surface area contributed by atoms with Gasteiger partial charge < -0.3 is 30.6 Å². The summed E-state index contributed by atoms with van der Waals surface area (Å²) in [6.07, 6.45) is 0. The zero-order chi connectivity index (χ0) is 15.5. The molecule has 0 fully saturated rings. The van der Waals surface area contributed by atoms with Crippen LogP contribution in [0.15, 0.2) is 0 Å². The number of hydrogen-bond donors (Lipinski definition) is 6. The summed E-state index contributed by atoms with van der Waals surface area (Å²) >= 11 is 3.04. The SMILES string of the molecule is OCC(CO)(CO)CSCCSCC(CO)(CO)CO. The van der Waals surface area contributed by atoms with Crippen molar-refractivity contribution >= 4 is 23.5 Å². The Labute approximate surface area is 128 Å². The minimum absolute atomic E-state index is 0.261. The molecule has 0 heterocycles. The van der Waals surface area contributed by atoms with E-state index in [2.05, 4.69) is 0 Å². The molecule has 0 aromatic rings. The van der Waals surface area contributed by atoms with Crippen molar-refractivity contribution in [3.63, 3.8) is 0 Å². The Morgan fingerprint density at radius 3 is 0.950 bits per heavy atom. The molecule has 0 unspecified atom stereocenters. The van der Waals surface area contributed by atoms with Gasteiger partial charge in [-0.25, -0.2) is 0 Å². The molecule has 0 aromatic heterocycles. The molecule has 8 heteroatoms. The first kappa shape index (κ1) is 20.5. The molecule has 0 aromatic carbocycles. The fourth-order valence-corrected chi connectivity index (χ4v) is 3.91.